The van der Waals surface area contributed by atoms with Crippen LogP contribution in [0.4, 0.5) is 0 Å². The van der Waals surface area contributed by atoms with Gasteiger partial charge < -0.3 is 18.4 Å². The Bertz CT molecular complexity index is 3400. The topological polar surface area (TPSA) is 57.0 Å². The Kier molecular flexibility index (Phi) is 11.6. The third-order valence-corrected chi connectivity index (χ3v) is 14.1. The summed E-state index contributed by atoms with van der Waals surface area (Å²) in [4.78, 5) is 9.83. The summed E-state index contributed by atoms with van der Waals surface area (Å²) in [6.07, 6.45) is 2.02. The Morgan fingerprint density at radius 2 is 1.23 bits per heavy atom. The molecule has 0 amide bonds. The van der Waals surface area contributed by atoms with Crippen molar-refractivity contribution in [3.8, 4) is 39.5 Å². The van der Waals surface area contributed by atoms with Gasteiger partial charge in [-0.05, 0) is 81.4 Å². The van der Waals surface area contributed by atoms with E-state index in [0.717, 1.165) is 77.6 Å². The largest absolute Gasteiger partial charge is 0.497 e. The van der Waals surface area contributed by atoms with Gasteiger partial charge in [0.25, 0.3) is 0 Å². The van der Waals surface area contributed by atoms with E-state index >= 15 is 0 Å². The predicted octanol–water partition coefficient (Wildman–Crippen LogP) is 15.3. The SMILES string of the molecule is CC(C)c1cc(-c2ccccc2)cc(C(C)C)c1-n1c(-c2[c-]ccc3c2oc2c3ccc3c4ccccc4oc32)nc2ccccc21.C[Si](C)(C)c1ccc(-c2[c-]cccc2)nc1.[Ir]. The fourth-order valence-electron chi connectivity index (χ4n) is 8.73. The van der Waals surface area contributed by atoms with Crippen molar-refractivity contribution in [2.75, 3.05) is 0 Å². The summed E-state index contributed by atoms with van der Waals surface area (Å²) in [6, 6.07) is 59.3. The molecule has 0 unspecified atom stereocenters. The van der Waals surface area contributed by atoms with Crippen LogP contribution in [0.5, 0.6) is 0 Å². The Labute approximate surface area is 389 Å². The summed E-state index contributed by atoms with van der Waals surface area (Å²) >= 11 is 0. The number of hydrogen-bond acceptors (Lipinski definition) is 4. The third-order valence-electron chi connectivity index (χ3n) is 12.1. The fourth-order valence-corrected chi connectivity index (χ4v) is 9.77. The Morgan fingerprint density at radius 3 is 1.92 bits per heavy atom. The molecule has 0 aliphatic heterocycles. The number of benzene rings is 7. The molecule has 0 aliphatic carbocycles. The first kappa shape index (κ1) is 42.9. The van der Waals surface area contributed by atoms with E-state index in [0.29, 0.717) is 0 Å². The van der Waals surface area contributed by atoms with Crippen LogP contribution >= 0.6 is 0 Å². The summed E-state index contributed by atoms with van der Waals surface area (Å²) in [5.41, 5.74) is 14.2. The minimum atomic E-state index is -1.23. The van der Waals surface area contributed by atoms with Crippen LogP contribution in [-0.2, 0) is 20.1 Å². The molecule has 7 aromatic carbocycles. The molecule has 7 heteroatoms. The van der Waals surface area contributed by atoms with Gasteiger partial charge in [-0.2, -0.15) is 0 Å². The van der Waals surface area contributed by atoms with Crippen molar-refractivity contribution in [1.29, 1.82) is 0 Å². The van der Waals surface area contributed by atoms with E-state index < -0.39 is 8.07 Å². The number of para-hydroxylation sites is 3. The summed E-state index contributed by atoms with van der Waals surface area (Å²) in [5.74, 6) is 1.35. The van der Waals surface area contributed by atoms with Crippen molar-refractivity contribution >= 4 is 68.2 Å². The van der Waals surface area contributed by atoms with E-state index in [1.165, 1.54) is 33.1 Å². The van der Waals surface area contributed by atoms with Gasteiger partial charge >= 0.3 is 0 Å². The Balaban J connectivity index is 0.000000258. The summed E-state index contributed by atoms with van der Waals surface area (Å²) < 4.78 is 15.6. The van der Waals surface area contributed by atoms with E-state index in [2.05, 4.69) is 172 Å². The number of imidazole rings is 1. The molecule has 0 fully saturated rings. The quantitative estimate of drug-likeness (QED) is 0.118. The molecule has 5 nitrogen and oxygen atoms in total. The summed E-state index contributed by atoms with van der Waals surface area (Å²) in [5, 5.41) is 5.56. The molecule has 0 saturated carbocycles. The number of hydrogen-bond donors (Lipinski definition) is 0. The first-order valence-electron chi connectivity index (χ1n) is 21.9. The molecule has 319 valence electrons. The molecule has 1 radical (unpaired) electrons. The number of rotatable bonds is 7. The first-order valence-corrected chi connectivity index (χ1v) is 25.4. The van der Waals surface area contributed by atoms with Crippen LogP contribution in [0.15, 0.2) is 167 Å². The van der Waals surface area contributed by atoms with E-state index in [9.17, 15) is 0 Å². The zero-order chi connectivity index (χ0) is 43.4. The minimum Gasteiger partial charge on any atom is -0.497 e. The zero-order valence-corrected chi connectivity index (χ0v) is 40.6. The molecule has 0 spiro atoms. The van der Waals surface area contributed by atoms with Gasteiger partial charge in [0.1, 0.15) is 5.58 Å². The maximum Gasteiger partial charge on any atom is 0.177 e. The van der Waals surface area contributed by atoms with Crippen LogP contribution < -0.4 is 5.19 Å². The normalized spacial score (nSPS) is 11.8. The van der Waals surface area contributed by atoms with Crippen molar-refractivity contribution in [1.82, 2.24) is 14.5 Å². The number of nitrogens with zero attached hydrogens (tertiary/aromatic N) is 3. The van der Waals surface area contributed by atoms with Gasteiger partial charge in [0.15, 0.2) is 11.2 Å². The monoisotopic (exact) mass is 1030 g/mol. The number of aromatic nitrogens is 3. The summed E-state index contributed by atoms with van der Waals surface area (Å²) in [7, 11) is -1.23. The standard InChI is InChI=1S/C43H33N2O2.C14H16NSi.Ir/c1-25(2)34-23-28(27-13-6-5-7-14-27)24-35(26(3)4)39(34)45-37-19-10-9-18-36(37)44-43(45)33-17-12-16-30-32-22-21-31-29-15-8-11-20-38(29)46-41(31)42(32)47-40(30)33;1-16(2,3)13-9-10-14(15-11-13)12-7-5-4-6-8-12;/h5-16,18-26H,1-4H3;4-7,9-11H,1-3H3;/q2*-1;. The Hall–Kier alpha value is -6.37. The van der Waals surface area contributed by atoms with Gasteiger partial charge in [-0.3, -0.25) is 4.98 Å². The van der Waals surface area contributed by atoms with E-state index in [1.54, 1.807) is 0 Å². The van der Waals surface area contributed by atoms with Crippen molar-refractivity contribution in [3.63, 3.8) is 0 Å². The number of pyridine rings is 1. The third kappa shape index (κ3) is 7.72. The van der Waals surface area contributed by atoms with Crippen molar-refractivity contribution < 1.29 is 28.9 Å². The molecule has 0 N–H and O–H groups in total. The molecule has 0 aliphatic rings. The van der Waals surface area contributed by atoms with Crippen LogP contribution in [-0.4, -0.2) is 22.6 Å². The van der Waals surface area contributed by atoms with Crippen molar-refractivity contribution in [3.05, 3.63) is 181 Å². The second-order valence-electron chi connectivity index (χ2n) is 18.0. The maximum atomic E-state index is 6.82. The van der Waals surface area contributed by atoms with Gasteiger partial charge in [-0.1, -0.05) is 137 Å². The van der Waals surface area contributed by atoms with Crippen LogP contribution in [0.3, 0.4) is 0 Å². The van der Waals surface area contributed by atoms with Crippen LogP contribution in [0.2, 0.25) is 19.6 Å². The van der Waals surface area contributed by atoms with Crippen LogP contribution in [0, 0.1) is 12.1 Å². The second kappa shape index (κ2) is 17.3. The molecule has 11 rings (SSSR count). The maximum absolute atomic E-state index is 6.82. The number of furan rings is 2. The second-order valence-corrected chi connectivity index (χ2v) is 23.1. The minimum absolute atomic E-state index is 0. The van der Waals surface area contributed by atoms with Crippen molar-refractivity contribution in [2.45, 2.75) is 59.2 Å². The molecule has 11 aromatic rings. The van der Waals surface area contributed by atoms with Crippen LogP contribution in [0.25, 0.3) is 94.4 Å². The average Bonchev–Trinajstić information content (AvgIpc) is 4.01. The van der Waals surface area contributed by atoms with Gasteiger partial charge in [-0.15, -0.1) is 54.1 Å². The molecule has 4 aromatic heterocycles. The van der Waals surface area contributed by atoms with E-state index in [-0.39, 0.29) is 31.9 Å². The Morgan fingerprint density at radius 1 is 0.578 bits per heavy atom. The molecule has 64 heavy (non-hydrogen) atoms. The summed E-state index contributed by atoms with van der Waals surface area (Å²) in [6.45, 7) is 16.1. The van der Waals surface area contributed by atoms with E-state index in [1.807, 2.05) is 54.7 Å². The number of fused-ring (bicyclic) bond motifs is 8. The predicted molar refractivity (Wildman–Crippen MR) is 265 cm³/mol. The molecular formula is C57H49IrN3O2Si-2. The van der Waals surface area contributed by atoms with Crippen molar-refractivity contribution in [2.24, 2.45) is 0 Å². The molecule has 0 atom stereocenters. The molecule has 0 bridgehead atoms. The van der Waals surface area contributed by atoms with Gasteiger partial charge in [0, 0.05) is 48.1 Å². The molecular weight excluding hydrogens is 979 g/mol. The van der Waals surface area contributed by atoms with Gasteiger partial charge in [0.05, 0.1) is 30.5 Å². The van der Waals surface area contributed by atoms with Crippen LogP contribution in [0.1, 0.15) is 50.7 Å². The van der Waals surface area contributed by atoms with Gasteiger partial charge in [-0.25, -0.2) is 0 Å². The molecule has 0 saturated heterocycles. The smallest absolute Gasteiger partial charge is 0.177 e. The first-order chi connectivity index (χ1) is 30.5. The van der Waals surface area contributed by atoms with Gasteiger partial charge in [0.2, 0.25) is 0 Å². The fraction of sp³-hybridized carbons (Fsp3) is 0.158. The van der Waals surface area contributed by atoms with E-state index in [4.69, 9.17) is 13.8 Å². The molecule has 4 heterocycles. The average molecular weight is 1030 g/mol. The zero-order valence-electron chi connectivity index (χ0n) is 37.2.